The standard InChI is InChI=1S/C51H60N8O9S/c1-32-6-4-5-7-38(32)44-27-50(2,65-3)31-57(44)36-25-51(26-36)15-18-56(19-16-51)35-8-10-39(41(23-35)58-43-22-34-12-17-52-47(34)54-49(43)68-46-30-67-29-45(46)58)48(60)55-69(63,64)37-9-11-40(42(24-37)59(61)62)53-28-33-13-20-66-21-14-33/h4-12,17,22-24,33,36,44-46,53H,13-16,18-21,25-31H2,1-3H3,(H,52,54)(H,55,60)/t44-,45+,46+,50?/m0/s1. The first-order valence-corrected chi connectivity index (χ1v) is 25.7. The summed E-state index contributed by atoms with van der Waals surface area (Å²) < 4.78 is 54.4. The predicted octanol–water partition coefficient (Wildman–Crippen LogP) is 7.64. The molecule has 0 radical (unpaired) electrons. The van der Waals surface area contributed by atoms with Crippen LogP contribution in [0.15, 0.2) is 83.9 Å². The van der Waals surface area contributed by atoms with E-state index in [1.165, 1.54) is 23.3 Å². The minimum Gasteiger partial charge on any atom is -0.468 e. The fourth-order valence-corrected chi connectivity index (χ4v) is 12.9. The van der Waals surface area contributed by atoms with Crippen LogP contribution in [-0.4, -0.2) is 118 Å². The number of ether oxygens (including phenoxy) is 4. The molecule has 1 spiro atoms. The van der Waals surface area contributed by atoms with E-state index in [1.54, 1.807) is 12.3 Å². The Morgan fingerprint density at radius 1 is 0.986 bits per heavy atom. The van der Waals surface area contributed by atoms with Gasteiger partial charge in [0.25, 0.3) is 21.6 Å². The number of rotatable bonds is 12. The van der Waals surface area contributed by atoms with E-state index >= 15 is 0 Å². The molecule has 69 heavy (non-hydrogen) atoms. The molecular weight excluding hydrogens is 901 g/mol. The lowest BCUT2D eigenvalue weighted by Crippen LogP contribution is -2.55. The van der Waals surface area contributed by atoms with Gasteiger partial charge in [-0.1, -0.05) is 24.3 Å². The molecule has 1 unspecified atom stereocenters. The third kappa shape index (κ3) is 8.57. The number of carbonyl (C=O) groups is 1. The summed E-state index contributed by atoms with van der Waals surface area (Å²) >= 11 is 0. The number of nitro groups is 1. The molecule has 3 aromatic carbocycles. The number of nitrogens with zero attached hydrogens (tertiary/aromatic N) is 5. The van der Waals surface area contributed by atoms with Crippen LogP contribution in [0.25, 0.3) is 11.0 Å². The van der Waals surface area contributed by atoms with Crippen molar-refractivity contribution in [1.29, 1.82) is 0 Å². The number of aromatic nitrogens is 2. The average molecular weight is 961 g/mol. The van der Waals surface area contributed by atoms with Gasteiger partial charge in [0.1, 0.15) is 23.1 Å². The van der Waals surface area contributed by atoms with Crippen LogP contribution in [-0.2, 0) is 24.2 Å². The van der Waals surface area contributed by atoms with Crippen LogP contribution in [0.3, 0.4) is 0 Å². The molecule has 5 aromatic rings. The first-order valence-electron chi connectivity index (χ1n) is 24.2. The number of nitro benzene ring substituents is 1. The molecule has 0 bridgehead atoms. The normalized spacial score (nSPS) is 25.0. The summed E-state index contributed by atoms with van der Waals surface area (Å²) in [5, 5.41) is 16.3. The number of fused-ring (bicyclic) bond motifs is 3. The number of hydrogen-bond acceptors (Lipinski definition) is 14. The highest BCUT2D eigenvalue weighted by molar-refractivity contribution is 7.90. The third-order valence-electron chi connectivity index (χ3n) is 16.0. The number of nitrogens with one attached hydrogen (secondary N) is 3. The number of methoxy groups -OCH3 is 1. The Morgan fingerprint density at radius 3 is 2.55 bits per heavy atom. The van der Waals surface area contributed by atoms with Gasteiger partial charge in [-0.3, -0.25) is 19.8 Å². The SMILES string of the molecule is COC1(C)C[C@@H](c2ccccc2C)N(C2CC3(CCN(c4ccc(C(=O)NS(=O)(=O)c5ccc(NCC6CCOCC6)c([N+](=O)[O-])c5)c(N5c6cc7cc[nH]c7nc6O[C@@H]6COC[C@H]65)c4)CC3)C2)C1. The van der Waals surface area contributed by atoms with Gasteiger partial charge in [0, 0.05) is 81.9 Å². The van der Waals surface area contributed by atoms with E-state index in [9.17, 15) is 23.3 Å². The van der Waals surface area contributed by atoms with Crippen molar-refractivity contribution in [3.05, 3.63) is 106 Å². The molecule has 1 saturated carbocycles. The van der Waals surface area contributed by atoms with Crippen LogP contribution in [0.5, 0.6) is 5.88 Å². The van der Waals surface area contributed by atoms with Crippen LogP contribution in [0.4, 0.5) is 28.4 Å². The number of carbonyl (C=O) groups excluding carboxylic acids is 1. The minimum absolute atomic E-state index is 0.103. The molecule has 4 atom stereocenters. The lowest BCUT2D eigenvalue weighted by atomic mass is 9.59. The van der Waals surface area contributed by atoms with Gasteiger partial charge in [-0.25, -0.2) is 13.1 Å². The Labute approximate surface area is 402 Å². The van der Waals surface area contributed by atoms with Gasteiger partial charge in [-0.05, 0) is 124 Å². The van der Waals surface area contributed by atoms with E-state index in [1.807, 2.05) is 36.3 Å². The molecule has 1 aliphatic carbocycles. The lowest BCUT2D eigenvalue weighted by Gasteiger charge is -2.56. The molecule has 2 aromatic heterocycles. The molecule has 17 nitrogen and oxygen atoms in total. The zero-order chi connectivity index (χ0) is 47.7. The third-order valence-corrected chi connectivity index (χ3v) is 17.4. The van der Waals surface area contributed by atoms with E-state index < -0.39 is 37.5 Å². The second kappa shape index (κ2) is 17.9. The van der Waals surface area contributed by atoms with Crippen molar-refractivity contribution in [1.82, 2.24) is 19.6 Å². The first kappa shape index (κ1) is 45.6. The topological polar surface area (TPSA) is 194 Å². The average Bonchev–Trinajstić information content (AvgIpc) is 4.10. The molecule has 5 aliphatic heterocycles. The quantitative estimate of drug-likeness (QED) is 0.0816. The van der Waals surface area contributed by atoms with Crippen molar-refractivity contribution in [2.45, 2.75) is 93.5 Å². The van der Waals surface area contributed by atoms with Gasteiger partial charge in [-0.2, -0.15) is 4.98 Å². The van der Waals surface area contributed by atoms with Crippen LogP contribution in [0, 0.1) is 28.4 Å². The van der Waals surface area contributed by atoms with Crippen molar-refractivity contribution in [2.24, 2.45) is 11.3 Å². The van der Waals surface area contributed by atoms with Crippen LogP contribution in [0.2, 0.25) is 0 Å². The predicted molar refractivity (Wildman–Crippen MR) is 261 cm³/mol. The zero-order valence-electron chi connectivity index (χ0n) is 39.3. The summed E-state index contributed by atoms with van der Waals surface area (Å²) in [4.78, 5) is 40.9. The Balaban J connectivity index is 0.870. The number of sulfonamides is 1. The number of anilines is 4. The highest BCUT2D eigenvalue weighted by Crippen LogP contribution is 2.56. The Kier molecular flexibility index (Phi) is 11.8. The van der Waals surface area contributed by atoms with Gasteiger partial charge < -0.3 is 39.0 Å². The van der Waals surface area contributed by atoms with Crippen molar-refractivity contribution in [3.63, 3.8) is 0 Å². The van der Waals surface area contributed by atoms with Gasteiger partial charge in [-0.15, -0.1) is 0 Å². The van der Waals surface area contributed by atoms with Gasteiger partial charge in [0.05, 0.1) is 45.9 Å². The molecule has 4 saturated heterocycles. The van der Waals surface area contributed by atoms with Gasteiger partial charge >= 0.3 is 0 Å². The highest BCUT2D eigenvalue weighted by Gasteiger charge is 2.53. The summed E-state index contributed by atoms with van der Waals surface area (Å²) in [6.45, 7) is 9.34. The Morgan fingerprint density at radius 2 is 1.78 bits per heavy atom. The number of H-pyrrole nitrogens is 1. The number of pyridine rings is 1. The highest BCUT2D eigenvalue weighted by atomic mass is 32.2. The number of benzene rings is 3. The van der Waals surface area contributed by atoms with Gasteiger partial charge in [0.15, 0.2) is 0 Å². The van der Waals surface area contributed by atoms with Crippen LogP contribution in [0.1, 0.15) is 79.4 Å². The molecule has 1 amide bonds. The molecule has 3 N–H and O–H groups in total. The molecule has 11 rings (SSSR count). The number of amides is 1. The fraction of sp³-hybridized carbons (Fsp3) is 0.490. The van der Waals surface area contributed by atoms with E-state index in [4.69, 9.17) is 23.9 Å². The largest absolute Gasteiger partial charge is 0.468 e. The summed E-state index contributed by atoms with van der Waals surface area (Å²) in [5.41, 5.74) is 5.29. The smallest absolute Gasteiger partial charge is 0.293 e. The molecule has 18 heteroatoms. The maximum Gasteiger partial charge on any atom is 0.293 e. The van der Waals surface area contributed by atoms with Gasteiger partial charge in [0.2, 0.25) is 5.88 Å². The summed E-state index contributed by atoms with van der Waals surface area (Å²) in [7, 11) is -2.76. The second-order valence-electron chi connectivity index (χ2n) is 20.3. The molecule has 364 valence electrons. The second-order valence-corrected chi connectivity index (χ2v) is 22.0. The number of likely N-dealkylation sites (tertiary alicyclic amines) is 1. The Bertz CT molecular complexity index is 2890. The van der Waals surface area contributed by atoms with Crippen molar-refractivity contribution in [2.75, 3.05) is 74.8 Å². The molecular formula is C51H60N8O9S. The van der Waals surface area contributed by atoms with E-state index in [2.05, 4.69) is 62.9 Å². The van der Waals surface area contributed by atoms with E-state index in [-0.39, 0.29) is 34.2 Å². The van der Waals surface area contributed by atoms with Crippen molar-refractivity contribution >= 4 is 55.4 Å². The van der Waals surface area contributed by atoms with Crippen molar-refractivity contribution < 1.29 is 37.1 Å². The minimum atomic E-state index is -4.60. The summed E-state index contributed by atoms with van der Waals surface area (Å²) in [6.07, 6.45) is 8.31. The molecule has 7 heterocycles. The number of aromatic amines is 1. The maximum absolute atomic E-state index is 14.6. The lowest BCUT2D eigenvalue weighted by molar-refractivity contribution is -0.384. The fourth-order valence-electron chi connectivity index (χ4n) is 11.9. The molecule has 5 fully saturated rings. The molecule has 6 aliphatic rings. The Hall–Kier alpha value is -5.79. The van der Waals surface area contributed by atoms with E-state index in [0.717, 1.165) is 81.7 Å². The number of hydrogen-bond donors (Lipinski definition) is 3. The summed E-state index contributed by atoms with van der Waals surface area (Å²) in [6, 6.07) is 22.2. The van der Waals surface area contributed by atoms with Crippen LogP contribution >= 0.6 is 0 Å². The number of piperidine rings is 1. The van der Waals surface area contributed by atoms with Crippen molar-refractivity contribution in [3.8, 4) is 5.88 Å². The maximum atomic E-state index is 14.6. The monoisotopic (exact) mass is 960 g/mol. The van der Waals surface area contributed by atoms with E-state index in [0.29, 0.717) is 68.0 Å². The summed E-state index contributed by atoms with van der Waals surface area (Å²) in [5.74, 6) is -0.245. The van der Waals surface area contributed by atoms with Crippen LogP contribution < -0.4 is 24.6 Å². The number of aryl methyl sites for hydroxylation is 1. The zero-order valence-corrected chi connectivity index (χ0v) is 40.1. The first-order chi connectivity index (χ1) is 33.3.